The van der Waals surface area contributed by atoms with Gasteiger partial charge in [0.15, 0.2) is 0 Å². The Morgan fingerprint density at radius 1 is 1.53 bits per heavy atom. The number of hydrogen-bond acceptors (Lipinski definition) is 3. The molecule has 1 atom stereocenters. The molecule has 0 aliphatic carbocycles. The molecule has 0 saturated heterocycles. The van der Waals surface area contributed by atoms with Crippen LogP contribution in [-0.4, -0.2) is 25.2 Å². The van der Waals surface area contributed by atoms with Crippen molar-refractivity contribution in [1.82, 2.24) is 0 Å². The SMILES string of the molecule is CC(C)C1=CCC(C)(CCS(C)(=O)=O)S1. The van der Waals surface area contributed by atoms with E-state index >= 15 is 0 Å². The van der Waals surface area contributed by atoms with Crippen LogP contribution in [0.1, 0.15) is 33.6 Å². The minimum atomic E-state index is -2.82. The lowest BCUT2D eigenvalue weighted by molar-refractivity contribution is 0.583. The Bertz CT molecular complexity index is 355. The van der Waals surface area contributed by atoms with Crippen molar-refractivity contribution in [3.63, 3.8) is 0 Å². The summed E-state index contributed by atoms with van der Waals surface area (Å²) in [6.45, 7) is 6.52. The topological polar surface area (TPSA) is 34.1 Å². The summed E-state index contributed by atoms with van der Waals surface area (Å²) in [5.74, 6) is 0.866. The zero-order valence-corrected chi connectivity index (χ0v) is 11.5. The van der Waals surface area contributed by atoms with Gasteiger partial charge in [0, 0.05) is 11.0 Å². The third-order valence-corrected chi connectivity index (χ3v) is 5.35. The fourth-order valence-corrected chi connectivity index (χ4v) is 3.88. The Hall–Kier alpha value is 0.0400. The zero-order valence-electron chi connectivity index (χ0n) is 9.91. The van der Waals surface area contributed by atoms with Gasteiger partial charge in [0.1, 0.15) is 9.84 Å². The molecule has 0 aromatic carbocycles. The van der Waals surface area contributed by atoms with E-state index in [1.54, 1.807) is 0 Å². The maximum Gasteiger partial charge on any atom is 0.147 e. The second-order valence-corrected chi connectivity index (χ2v) is 8.82. The Balaban J connectivity index is 2.52. The van der Waals surface area contributed by atoms with Crippen molar-refractivity contribution >= 4 is 21.6 Å². The normalized spacial score (nSPS) is 27.1. The molecule has 15 heavy (non-hydrogen) atoms. The van der Waals surface area contributed by atoms with E-state index in [4.69, 9.17) is 0 Å². The molecule has 0 radical (unpaired) electrons. The molecule has 0 bridgehead atoms. The second-order valence-electron chi connectivity index (χ2n) is 4.90. The van der Waals surface area contributed by atoms with Crippen molar-refractivity contribution in [1.29, 1.82) is 0 Å². The second kappa shape index (κ2) is 4.50. The van der Waals surface area contributed by atoms with Gasteiger partial charge < -0.3 is 0 Å². The van der Waals surface area contributed by atoms with Crippen molar-refractivity contribution in [2.24, 2.45) is 5.92 Å². The van der Waals surface area contributed by atoms with Crippen molar-refractivity contribution in [2.45, 2.75) is 38.4 Å². The smallest absolute Gasteiger partial charge is 0.147 e. The summed E-state index contributed by atoms with van der Waals surface area (Å²) >= 11 is 1.86. The fraction of sp³-hybridized carbons (Fsp3) is 0.818. The van der Waals surface area contributed by atoms with E-state index < -0.39 is 9.84 Å². The van der Waals surface area contributed by atoms with Gasteiger partial charge in [-0.2, -0.15) is 0 Å². The third-order valence-electron chi connectivity index (χ3n) is 2.67. The van der Waals surface area contributed by atoms with Crippen LogP contribution in [0.3, 0.4) is 0 Å². The van der Waals surface area contributed by atoms with E-state index in [0.29, 0.717) is 11.7 Å². The average molecular weight is 248 g/mol. The van der Waals surface area contributed by atoms with Crippen molar-refractivity contribution in [3.05, 3.63) is 11.0 Å². The zero-order chi connectivity index (χ0) is 11.7. The quantitative estimate of drug-likeness (QED) is 0.767. The largest absolute Gasteiger partial charge is 0.229 e. The highest BCUT2D eigenvalue weighted by atomic mass is 32.2. The van der Waals surface area contributed by atoms with Crippen LogP contribution in [0.25, 0.3) is 0 Å². The highest BCUT2D eigenvalue weighted by Gasteiger charge is 2.32. The van der Waals surface area contributed by atoms with Gasteiger partial charge in [0.05, 0.1) is 5.75 Å². The van der Waals surface area contributed by atoms with Crippen molar-refractivity contribution in [2.75, 3.05) is 12.0 Å². The van der Waals surface area contributed by atoms with Crippen LogP contribution in [-0.2, 0) is 9.84 Å². The van der Waals surface area contributed by atoms with Crippen LogP contribution in [0.4, 0.5) is 0 Å². The molecule has 0 aromatic heterocycles. The predicted octanol–water partition coefficient (Wildman–Crippen LogP) is 2.86. The highest BCUT2D eigenvalue weighted by molar-refractivity contribution is 8.04. The minimum Gasteiger partial charge on any atom is -0.229 e. The van der Waals surface area contributed by atoms with E-state index in [1.807, 2.05) is 11.8 Å². The number of rotatable bonds is 4. The monoisotopic (exact) mass is 248 g/mol. The van der Waals surface area contributed by atoms with E-state index in [-0.39, 0.29) is 4.75 Å². The molecule has 88 valence electrons. The first-order chi connectivity index (χ1) is 6.72. The highest BCUT2D eigenvalue weighted by Crippen LogP contribution is 2.46. The lowest BCUT2D eigenvalue weighted by Gasteiger charge is -2.23. The molecule has 2 nitrogen and oxygen atoms in total. The van der Waals surface area contributed by atoms with Crippen LogP contribution in [0.2, 0.25) is 0 Å². The summed E-state index contributed by atoms with van der Waals surface area (Å²) in [6, 6.07) is 0. The number of hydrogen-bond donors (Lipinski definition) is 0. The van der Waals surface area contributed by atoms with Crippen LogP contribution < -0.4 is 0 Å². The Labute approximate surface area is 97.4 Å². The lowest BCUT2D eigenvalue weighted by Crippen LogP contribution is -2.21. The Morgan fingerprint density at radius 3 is 2.53 bits per heavy atom. The predicted molar refractivity (Wildman–Crippen MR) is 67.9 cm³/mol. The summed E-state index contributed by atoms with van der Waals surface area (Å²) in [5.41, 5.74) is 0. The Kier molecular flexibility index (Phi) is 3.93. The van der Waals surface area contributed by atoms with E-state index in [2.05, 4.69) is 26.8 Å². The lowest BCUT2D eigenvalue weighted by atomic mass is 10.0. The molecule has 1 unspecified atom stereocenters. The fourth-order valence-electron chi connectivity index (χ4n) is 1.59. The summed E-state index contributed by atoms with van der Waals surface area (Å²) in [4.78, 5) is 1.41. The summed E-state index contributed by atoms with van der Waals surface area (Å²) < 4.78 is 22.3. The molecule has 1 aliphatic heterocycles. The van der Waals surface area contributed by atoms with Gasteiger partial charge in [0.25, 0.3) is 0 Å². The molecule has 0 spiro atoms. The Morgan fingerprint density at radius 2 is 2.13 bits per heavy atom. The van der Waals surface area contributed by atoms with Gasteiger partial charge in [-0.1, -0.05) is 19.9 Å². The molecular formula is C11H20O2S2. The van der Waals surface area contributed by atoms with Gasteiger partial charge in [-0.25, -0.2) is 8.42 Å². The van der Waals surface area contributed by atoms with Crippen LogP contribution in [0, 0.1) is 5.92 Å². The molecular weight excluding hydrogens is 228 g/mol. The molecule has 0 saturated carbocycles. The van der Waals surface area contributed by atoms with Crippen molar-refractivity contribution < 1.29 is 8.42 Å². The maximum atomic E-state index is 11.1. The minimum absolute atomic E-state index is 0.0999. The maximum absolute atomic E-state index is 11.1. The number of sulfone groups is 1. The molecule has 0 fully saturated rings. The summed E-state index contributed by atoms with van der Waals surface area (Å²) in [6.07, 6.45) is 5.33. The van der Waals surface area contributed by atoms with Gasteiger partial charge in [-0.15, -0.1) is 11.8 Å². The standard InChI is InChI=1S/C11H20O2S2/c1-9(2)10-5-6-11(3,14-10)7-8-15(4,12)13/h5,9H,6-8H2,1-4H3. The first-order valence-electron chi connectivity index (χ1n) is 5.29. The molecule has 1 aliphatic rings. The van der Waals surface area contributed by atoms with Crippen LogP contribution in [0.5, 0.6) is 0 Å². The van der Waals surface area contributed by atoms with Crippen LogP contribution >= 0.6 is 11.8 Å². The first-order valence-corrected chi connectivity index (χ1v) is 8.16. The molecule has 0 aromatic rings. The molecule has 0 N–H and O–H groups in total. The summed E-state index contributed by atoms with van der Waals surface area (Å²) in [7, 11) is -2.82. The van der Waals surface area contributed by atoms with E-state index in [9.17, 15) is 8.42 Å². The number of allylic oxidation sites excluding steroid dienone is 2. The third kappa shape index (κ3) is 4.19. The molecule has 1 rings (SSSR count). The van der Waals surface area contributed by atoms with E-state index in [1.165, 1.54) is 11.2 Å². The van der Waals surface area contributed by atoms with Gasteiger partial charge in [0.2, 0.25) is 0 Å². The molecule has 0 amide bonds. The molecule has 1 heterocycles. The average Bonchev–Trinajstić information content (AvgIpc) is 2.45. The van der Waals surface area contributed by atoms with Gasteiger partial charge in [-0.05, 0) is 30.6 Å². The van der Waals surface area contributed by atoms with Crippen molar-refractivity contribution in [3.8, 4) is 0 Å². The van der Waals surface area contributed by atoms with E-state index in [0.717, 1.165) is 12.8 Å². The van der Waals surface area contributed by atoms with Gasteiger partial charge in [-0.3, -0.25) is 0 Å². The summed E-state index contributed by atoms with van der Waals surface area (Å²) in [5, 5.41) is 0. The first kappa shape index (κ1) is 13.1. The van der Waals surface area contributed by atoms with Crippen LogP contribution in [0.15, 0.2) is 11.0 Å². The van der Waals surface area contributed by atoms with Gasteiger partial charge >= 0.3 is 0 Å². The molecule has 4 heteroatoms. The number of thioether (sulfide) groups is 1.